The van der Waals surface area contributed by atoms with Crippen LogP contribution in [-0.4, -0.2) is 46.0 Å². The van der Waals surface area contributed by atoms with Gasteiger partial charge in [0.1, 0.15) is 4.21 Å². The third-order valence-corrected chi connectivity index (χ3v) is 7.33. The van der Waals surface area contributed by atoms with Gasteiger partial charge in [-0.25, -0.2) is 18.1 Å². The fourth-order valence-electron chi connectivity index (χ4n) is 1.99. The highest BCUT2D eigenvalue weighted by Gasteiger charge is 2.13. The second-order valence-corrected chi connectivity index (χ2v) is 9.22. The Balaban J connectivity index is 0.00000338. The van der Waals surface area contributed by atoms with Gasteiger partial charge >= 0.3 is 0 Å². The Morgan fingerprint density at radius 3 is 2.65 bits per heavy atom. The molecular weight excluding hydrogens is 505 g/mol. The van der Waals surface area contributed by atoms with Gasteiger partial charge in [-0.05, 0) is 17.9 Å². The van der Waals surface area contributed by atoms with Gasteiger partial charge < -0.3 is 10.6 Å². The molecule has 11 heteroatoms. The molecule has 0 aromatic carbocycles. The highest BCUT2D eigenvalue weighted by Crippen LogP contribution is 2.15. The Kier molecular flexibility index (Phi) is 10.6. The molecule has 0 unspecified atom stereocenters. The predicted octanol–water partition coefficient (Wildman–Crippen LogP) is 2.07. The van der Waals surface area contributed by atoms with Crippen molar-refractivity contribution in [3.05, 3.63) is 33.6 Å². The van der Waals surface area contributed by atoms with Crippen molar-refractivity contribution in [2.75, 3.05) is 26.7 Å². The molecule has 146 valence electrons. The summed E-state index contributed by atoms with van der Waals surface area (Å²) in [4.78, 5) is 9.79. The first-order valence-electron chi connectivity index (χ1n) is 7.96. The van der Waals surface area contributed by atoms with E-state index in [1.807, 2.05) is 6.20 Å². The fraction of sp³-hybridized carbons (Fsp3) is 0.467. The summed E-state index contributed by atoms with van der Waals surface area (Å²) < 4.78 is 26.9. The standard InChI is InChI=1S/C15H23N5O2S3.HI/c1-3-12-11-19-13(24-12)6-7-17-15(16-2)18-8-9-20-25(21,22)14-5-4-10-23-14;/h4-5,10-11,20H,3,6-9H2,1-2H3,(H2,16,17,18);1H. The molecule has 2 heterocycles. The van der Waals surface area contributed by atoms with Gasteiger partial charge in [-0.1, -0.05) is 13.0 Å². The summed E-state index contributed by atoms with van der Waals surface area (Å²) in [6.07, 6.45) is 3.76. The van der Waals surface area contributed by atoms with Crippen LogP contribution in [0.25, 0.3) is 0 Å². The number of aliphatic imine (C=N–C) groups is 1. The number of thiophene rings is 1. The van der Waals surface area contributed by atoms with Crippen LogP contribution in [0.3, 0.4) is 0 Å². The van der Waals surface area contributed by atoms with Gasteiger partial charge in [0.2, 0.25) is 10.0 Å². The maximum absolute atomic E-state index is 12.0. The number of nitrogens with zero attached hydrogens (tertiary/aromatic N) is 2. The first-order valence-corrected chi connectivity index (χ1v) is 11.1. The lowest BCUT2D eigenvalue weighted by atomic mass is 10.4. The quantitative estimate of drug-likeness (QED) is 0.200. The van der Waals surface area contributed by atoms with E-state index < -0.39 is 10.0 Å². The molecule has 0 aliphatic rings. The van der Waals surface area contributed by atoms with Crippen molar-refractivity contribution >= 4 is 62.6 Å². The van der Waals surface area contributed by atoms with Crippen LogP contribution in [0.2, 0.25) is 0 Å². The molecule has 0 saturated heterocycles. The number of hydrogen-bond donors (Lipinski definition) is 3. The zero-order valence-electron chi connectivity index (χ0n) is 14.7. The number of halogens is 1. The molecule has 0 saturated carbocycles. The smallest absolute Gasteiger partial charge is 0.250 e. The molecule has 0 fully saturated rings. The molecule has 0 spiro atoms. The minimum absolute atomic E-state index is 0. The van der Waals surface area contributed by atoms with Crippen molar-refractivity contribution in [3.8, 4) is 0 Å². The van der Waals surface area contributed by atoms with Gasteiger partial charge in [-0.3, -0.25) is 4.99 Å². The van der Waals surface area contributed by atoms with Crippen LogP contribution in [0.4, 0.5) is 0 Å². The van der Waals surface area contributed by atoms with Crippen LogP contribution in [-0.2, 0) is 22.9 Å². The molecule has 7 nitrogen and oxygen atoms in total. The first kappa shape index (κ1) is 23.3. The molecule has 2 aromatic heterocycles. The Labute approximate surface area is 179 Å². The summed E-state index contributed by atoms with van der Waals surface area (Å²) in [7, 11) is -1.73. The molecule has 26 heavy (non-hydrogen) atoms. The van der Waals surface area contributed by atoms with Gasteiger partial charge in [-0.2, -0.15) is 0 Å². The average molecular weight is 529 g/mol. The van der Waals surface area contributed by atoms with Crippen LogP contribution >= 0.6 is 46.7 Å². The fourth-order valence-corrected chi connectivity index (χ4v) is 4.92. The summed E-state index contributed by atoms with van der Waals surface area (Å²) in [5, 5.41) is 9.13. The number of hydrogen-bond acceptors (Lipinski definition) is 6. The van der Waals surface area contributed by atoms with Gasteiger partial charge in [-0.15, -0.1) is 46.7 Å². The van der Waals surface area contributed by atoms with E-state index in [2.05, 4.69) is 32.3 Å². The molecule has 0 aliphatic carbocycles. The van der Waals surface area contributed by atoms with E-state index in [9.17, 15) is 8.42 Å². The van der Waals surface area contributed by atoms with Crippen molar-refractivity contribution < 1.29 is 8.42 Å². The lowest BCUT2D eigenvalue weighted by Gasteiger charge is -2.11. The molecule has 2 aromatic rings. The number of sulfonamides is 1. The SMILES string of the molecule is CCc1cnc(CCNC(=NC)NCCNS(=O)(=O)c2cccs2)s1.I. The second kappa shape index (κ2) is 11.8. The highest BCUT2D eigenvalue weighted by molar-refractivity contribution is 14.0. The van der Waals surface area contributed by atoms with Crippen molar-refractivity contribution in [3.63, 3.8) is 0 Å². The van der Waals surface area contributed by atoms with Gasteiger partial charge in [0, 0.05) is 44.2 Å². The molecular formula is C15H24IN5O2S3. The van der Waals surface area contributed by atoms with E-state index in [1.165, 1.54) is 16.2 Å². The lowest BCUT2D eigenvalue weighted by molar-refractivity contribution is 0.582. The third kappa shape index (κ3) is 7.47. The summed E-state index contributed by atoms with van der Waals surface area (Å²) >= 11 is 2.93. The van der Waals surface area contributed by atoms with Crippen molar-refractivity contribution in [2.45, 2.75) is 24.0 Å². The zero-order valence-corrected chi connectivity index (χ0v) is 19.5. The zero-order chi connectivity index (χ0) is 18.1. The van der Waals surface area contributed by atoms with Crippen molar-refractivity contribution in [1.29, 1.82) is 0 Å². The molecule has 0 aliphatic heterocycles. The first-order chi connectivity index (χ1) is 12.0. The van der Waals surface area contributed by atoms with Gasteiger partial charge in [0.15, 0.2) is 5.96 Å². The Bertz CT molecular complexity index is 775. The normalized spacial score (nSPS) is 11.8. The highest BCUT2D eigenvalue weighted by atomic mass is 127. The minimum atomic E-state index is -3.41. The Morgan fingerprint density at radius 1 is 1.27 bits per heavy atom. The predicted molar refractivity (Wildman–Crippen MR) is 119 cm³/mol. The average Bonchev–Trinajstić information content (AvgIpc) is 3.28. The van der Waals surface area contributed by atoms with Crippen LogP contribution in [0.15, 0.2) is 32.9 Å². The van der Waals surface area contributed by atoms with Gasteiger partial charge in [0.05, 0.1) is 5.01 Å². The molecule has 0 amide bonds. The topological polar surface area (TPSA) is 95.5 Å². The maximum atomic E-state index is 12.0. The number of guanidine groups is 1. The summed E-state index contributed by atoms with van der Waals surface area (Å²) in [6.45, 7) is 3.57. The molecule has 0 atom stereocenters. The van der Waals surface area contributed by atoms with Crippen molar-refractivity contribution in [1.82, 2.24) is 20.3 Å². The van der Waals surface area contributed by atoms with Gasteiger partial charge in [0.25, 0.3) is 0 Å². The number of aryl methyl sites for hydroxylation is 1. The molecule has 0 bridgehead atoms. The maximum Gasteiger partial charge on any atom is 0.250 e. The summed E-state index contributed by atoms with van der Waals surface area (Å²) in [6, 6.07) is 3.30. The monoisotopic (exact) mass is 529 g/mol. The van der Waals surface area contributed by atoms with E-state index in [0.29, 0.717) is 16.7 Å². The Hall–Kier alpha value is -0.760. The minimum Gasteiger partial charge on any atom is -0.356 e. The van der Waals surface area contributed by atoms with Crippen LogP contribution in [0, 0.1) is 0 Å². The van der Waals surface area contributed by atoms with E-state index in [4.69, 9.17) is 0 Å². The lowest BCUT2D eigenvalue weighted by Crippen LogP contribution is -2.42. The number of aromatic nitrogens is 1. The summed E-state index contributed by atoms with van der Waals surface area (Å²) in [5.74, 6) is 0.641. The molecule has 2 rings (SSSR count). The van der Waals surface area contributed by atoms with E-state index >= 15 is 0 Å². The van der Waals surface area contributed by atoms with E-state index in [-0.39, 0.29) is 30.5 Å². The number of nitrogens with one attached hydrogen (secondary N) is 3. The number of rotatable bonds is 9. The van der Waals surface area contributed by atoms with Crippen LogP contribution < -0.4 is 15.4 Å². The molecule has 0 radical (unpaired) electrons. The van der Waals surface area contributed by atoms with E-state index in [1.54, 1.807) is 35.9 Å². The third-order valence-electron chi connectivity index (χ3n) is 3.27. The van der Waals surface area contributed by atoms with Crippen LogP contribution in [0.5, 0.6) is 0 Å². The van der Waals surface area contributed by atoms with Crippen molar-refractivity contribution in [2.24, 2.45) is 4.99 Å². The van der Waals surface area contributed by atoms with Crippen LogP contribution in [0.1, 0.15) is 16.8 Å². The van der Waals surface area contributed by atoms with E-state index in [0.717, 1.165) is 24.4 Å². The number of thiazole rings is 1. The largest absolute Gasteiger partial charge is 0.356 e. The summed E-state index contributed by atoms with van der Waals surface area (Å²) in [5.41, 5.74) is 0. The molecule has 3 N–H and O–H groups in total. The second-order valence-electron chi connectivity index (χ2n) is 5.08. The Morgan fingerprint density at radius 2 is 2.04 bits per heavy atom.